The van der Waals surface area contributed by atoms with E-state index in [2.05, 4.69) is 37.2 Å². The first-order valence-corrected chi connectivity index (χ1v) is 7.56. The number of rotatable bonds is 3. The van der Waals surface area contributed by atoms with E-state index < -0.39 is 10.8 Å². The van der Waals surface area contributed by atoms with Crippen LogP contribution in [0.4, 0.5) is 11.4 Å². The van der Waals surface area contributed by atoms with E-state index in [4.69, 9.17) is 11.6 Å². The molecule has 0 aromatic heterocycles. The summed E-state index contributed by atoms with van der Waals surface area (Å²) in [5.41, 5.74) is 0.467. The molecule has 108 valence electrons. The molecule has 1 N–H and O–H groups in total. The Hall–Kier alpha value is -1.44. The van der Waals surface area contributed by atoms with Gasteiger partial charge >= 0.3 is 0 Å². The summed E-state index contributed by atoms with van der Waals surface area (Å²) in [6.45, 7) is 0. The third-order valence-corrected chi connectivity index (χ3v) is 4.36. The van der Waals surface area contributed by atoms with Crippen LogP contribution in [0.2, 0.25) is 5.02 Å². The quantitative estimate of drug-likeness (QED) is 0.544. The maximum absolute atomic E-state index is 12.2. The van der Waals surface area contributed by atoms with Gasteiger partial charge in [-0.1, -0.05) is 17.7 Å². The zero-order valence-corrected chi connectivity index (χ0v) is 14.2. The number of hydrogen-bond donors (Lipinski definition) is 1. The van der Waals surface area contributed by atoms with E-state index >= 15 is 0 Å². The second-order valence-electron chi connectivity index (χ2n) is 3.97. The molecular weight excluding hydrogens is 427 g/mol. The first-order chi connectivity index (χ1) is 9.90. The van der Waals surface area contributed by atoms with Crippen LogP contribution in [0.1, 0.15) is 10.4 Å². The van der Waals surface area contributed by atoms with Crippen LogP contribution in [0.3, 0.4) is 0 Å². The van der Waals surface area contributed by atoms with Crippen LogP contribution in [-0.4, -0.2) is 10.8 Å². The number of hydrogen-bond acceptors (Lipinski definition) is 3. The maximum atomic E-state index is 12.2. The molecule has 0 saturated carbocycles. The summed E-state index contributed by atoms with van der Waals surface area (Å²) in [6.07, 6.45) is 0. The lowest BCUT2D eigenvalue weighted by molar-refractivity contribution is -0.385. The van der Waals surface area contributed by atoms with Gasteiger partial charge < -0.3 is 5.32 Å². The van der Waals surface area contributed by atoms with Gasteiger partial charge in [-0.3, -0.25) is 14.9 Å². The number of nitrogens with one attached hydrogen (secondary N) is 1. The Morgan fingerprint density at radius 3 is 2.62 bits per heavy atom. The second kappa shape index (κ2) is 6.55. The molecule has 21 heavy (non-hydrogen) atoms. The van der Waals surface area contributed by atoms with Crippen molar-refractivity contribution in [3.63, 3.8) is 0 Å². The van der Waals surface area contributed by atoms with Crippen molar-refractivity contribution in [2.45, 2.75) is 0 Å². The van der Waals surface area contributed by atoms with Crippen molar-refractivity contribution in [1.29, 1.82) is 0 Å². The summed E-state index contributed by atoms with van der Waals surface area (Å²) < 4.78 is 0.785. The van der Waals surface area contributed by atoms with Crippen LogP contribution in [-0.2, 0) is 0 Å². The van der Waals surface area contributed by atoms with Crippen molar-refractivity contribution in [3.05, 3.63) is 66.0 Å². The number of anilines is 1. The number of amides is 1. The maximum Gasteiger partial charge on any atom is 0.284 e. The number of carbonyl (C=O) groups is 1. The van der Waals surface area contributed by atoms with Gasteiger partial charge in [0.15, 0.2) is 0 Å². The SMILES string of the molecule is O=C(Nc1cc(Cl)ccc1Br)c1cccc([N+](=O)[O-])c1Br. The van der Waals surface area contributed by atoms with Crippen molar-refractivity contribution in [3.8, 4) is 0 Å². The molecule has 0 spiro atoms. The number of carbonyl (C=O) groups excluding carboxylic acids is 1. The number of benzene rings is 2. The van der Waals surface area contributed by atoms with Gasteiger partial charge in [0.2, 0.25) is 0 Å². The minimum Gasteiger partial charge on any atom is -0.321 e. The average molecular weight is 434 g/mol. The largest absolute Gasteiger partial charge is 0.321 e. The molecular formula is C13H7Br2ClN2O3. The molecule has 0 unspecified atom stereocenters. The van der Waals surface area contributed by atoms with E-state index in [-0.39, 0.29) is 15.7 Å². The molecule has 2 aromatic carbocycles. The monoisotopic (exact) mass is 432 g/mol. The van der Waals surface area contributed by atoms with Gasteiger partial charge in [0.1, 0.15) is 4.47 Å². The first-order valence-electron chi connectivity index (χ1n) is 5.59. The summed E-state index contributed by atoms with van der Waals surface area (Å²) in [5, 5.41) is 14.0. The van der Waals surface area contributed by atoms with Gasteiger partial charge in [-0.2, -0.15) is 0 Å². The highest BCUT2D eigenvalue weighted by molar-refractivity contribution is 9.11. The van der Waals surface area contributed by atoms with Crippen molar-refractivity contribution in [2.24, 2.45) is 0 Å². The average Bonchev–Trinajstić information content (AvgIpc) is 2.42. The highest BCUT2D eigenvalue weighted by Crippen LogP contribution is 2.30. The molecule has 0 aliphatic carbocycles. The second-order valence-corrected chi connectivity index (χ2v) is 6.06. The van der Waals surface area contributed by atoms with E-state index in [1.165, 1.54) is 18.2 Å². The predicted molar refractivity (Wildman–Crippen MR) is 87.9 cm³/mol. The van der Waals surface area contributed by atoms with Crippen molar-refractivity contribution >= 4 is 60.7 Å². The van der Waals surface area contributed by atoms with Crippen LogP contribution in [0.5, 0.6) is 0 Å². The molecule has 0 aliphatic heterocycles. The fraction of sp³-hybridized carbons (Fsp3) is 0. The summed E-state index contributed by atoms with van der Waals surface area (Å²) >= 11 is 12.3. The Kier molecular flexibility index (Phi) is 4.97. The minimum absolute atomic E-state index is 0.130. The zero-order chi connectivity index (χ0) is 15.6. The van der Waals surface area contributed by atoms with Crippen LogP contribution >= 0.6 is 43.5 Å². The topological polar surface area (TPSA) is 72.2 Å². The lowest BCUT2D eigenvalue weighted by Gasteiger charge is -2.09. The Labute approximate surface area is 141 Å². The van der Waals surface area contributed by atoms with Crippen LogP contribution < -0.4 is 5.32 Å². The minimum atomic E-state index is -0.559. The van der Waals surface area contributed by atoms with Crippen LogP contribution in [0, 0.1) is 10.1 Å². The van der Waals surface area contributed by atoms with Gasteiger partial charge in [-0.25, -0.2) is 0 Å². The number of nitro groups is 1. The summed E-state index contributed by atoms with van der Waals surface area (Å²) in [5.74, 6) is -0.478. The first kappa shape index (κ1) is 15.9. The number of nitrogens with zero attached hydrogens (tertiary/aromatic N) is 1. The molecule has 0 saturated heterocycles. The molecule has 2 rings (SSSR count). The highest BCUT2D eigenvalue weighted by atomic mass is 79.9. The standard InChI is InChI=1S/C13H7Br2ClN2O3/c14-9-5-4-7(16)6-10(9)17-13(19)8-2-1-3-11(12(8)15)18(20)21/h1-6H,(H,17,19). The fourth-order valence-electron chi connectivity index (χ4n) is 1.62. The number of halogens is 3. The van der Waals surface area contributed by atoms with E-state index in [9.17, 15) is 14.9 Å². The van der Waals surface area contributed by atoms with Crippen molar-refractivity contribution < 1.29 is 9.72 Å². The van der Waals surface area contributed by atoms with Crippen LogP contribution in [0.15, 0.2) is 45.3 Å². The van der Waals surface area contributed by atoms with Crippen molar-refractivity contribution in [1.82, 2.24) is 0 Å². The summed E-state index contributed by atoms with van der Waals surface area (Å²) in [7, 11) is 0. The van der Waals surface area contributed by atoms with E-state index in [1.807, 2.05) is 0 Å². The van der Waals surface area contributed by atoms with Gasteiger partial charge in [0.25, 0.3) is 11.6 Å². The van der Waals surface area contributed by atoms with E-state index in [0.29, 0.717) is 15.2 Å². The van der Waals surface area contributed by atoms with Gasteiger partial charge in [-0.15, -0.1) is 0 Å². The molecule has 0 aliphatic rings. The van der Waals surface area contributed by atoms with Gasteiger partial charge in [0.05, 0.1) is 16.2 Å². The Bertz CT molecular complexity index is 737. The van der Waals surface area contributed by atoms with Crippen LogP contribution in [0.25, 0.3) is 0 Å². The Morgan fingerprint density at radius 2 is 1.95 bits per heavy atom. The zero-order valence-electron chi connectivity index (χ0n) is 10.3. The molecule has 0 fully saturated rings. The molecule has 8 heteroatoms. The Morgan fingerprint density at radius 1 is 1.24 bits per heavy atom. The normalized spacial score (nSPS) is 10.2. The molecule has 2 aromatic rings. The molecule has 0 bridgehead atoms. The molecule has 0 radical (unpaired) electrons. The van der Waals surface area contributed by atoms with E-state index in [0.717, 1.165) is 0 Å². The lowest BCUT2D eigenvalue weighted by Crippen LogP contribution is -2.13. The predicted octanol–water partition coefficient (Wildman–Crippen LogP) is 5.03. The molecule has 0 heterocycles. The molecule has 5 nitrogen and oxygen atoms in total. The number of nitro benzene ring substituents is 1. The van der Waals surface area contributed by atoms with Crippen molar-refractivity contribution in [2.75, 3.05) is 5.32 Å². The van der Waals surface area contributed by atoms with E-state index in [1.54, 1.807) is 18.2 Å². The molecule has 0 atom stereocenters. The fourth-order valence-corrected chi connectivity index (χ4v) is 2.73. The summed E-state index contributed by atoms with van der Waals surface area (Å²) in [4.78, 5) is 22.6. The van der Waals surface area contributed by atoms with Gasteiger partial charge in [-0.05, 0) is 56.1 Å². The summed E-state index contributed by atoms with van der Waals surface area (Å²) in [6, 6.07) is 9.20. The smallest absolute Gasteiger partial charge is 0.284 e. The third-order valence-electron chi connectivity index (χ3n) is 2.60. The lowest BCUT2D eigenvalue weighted by atomic mass is 10.2. The highest BCUT2D eigenvalue weighted by Gasteiger charge is 2.20. The Balaban J connectivity index is 2.35. The molecule has 1 amide bonds. The third kappa shape index (κ3) is 3.61. The van der Waals surface area contributed by atoms with Gasteiger partial charge in [0, 0.05) is 15.6 Å².